The van der Waals surface area contributed by atoms with Gasteiger partial charge in [0.05, 0.1) is 17.7 Å². The number of ether oxygens (including phenoxy) is 3. The third-order valence-electron chi connectivity index (χ3n) is 3.95. The average Bonchev–Trinajstić information content (AvgIpc) is 2.68. The molecule has 26 heavy (non-hydrogen) atoms. The van der Waals surface area contributed by atoms with Crippen molar-refractivity contribution in [3.05, 3.63) is 71.8 Å². The molecule has 136 valence electrons. The molecule has 1 aliphatic heterocycles. The lowest BCUT2D eigenvalue weighted by molar-refractivity contribution is -0.251. The molecular weight excluding hydrogens is 340 g/mol. The van der Waals surface area contributed by atoms with E-state index >= 15 is 0 Å². The molecule has 0 spiro atoms. The summed E-state index contributed by atoms with van der Waals surface area (Å²) < 4.78 is 15.6. The van der Waals surface area contributed by atoms with Gasteiger partial charge in [-0.25, -0.2) is 9.59 Å². The lowest BCUT2D eigenvalue weighted by Gasteiger charge is -2.36. The number of hydrogen-bond donors (Lipinski definition) is 2. The second kappa shape index (κ2) is 8.09. The van der Waals surface area contributed by atoms with Crippen molar-refractivity contribution in [1.82, 2.24) is 0 Å². The van der Waals surface area contributed by atoms with Crippen LogP contribution >= 0.6 is 0 Å². The molecule has 2 aromatic carbocycles. The lowest BCUT2D eigenvalue weighted by atomic mass is 10.0. The molecule has 7 heteroatoms. The Bertz CT molecular complexity index is 747. The van der Waals surface area contributed by atoms with Crippen LogP contribution in [0.1, 0.15) is 20.7 Å². The Morgan fingerprint density at radius 1 is 0.846 bits per heavy atom. The van der Waals surface area contributed by atoms with Gasteiger partial charge in [0.15, 0.2) is 18.5 Å². The highest BCUT2D eigenvalue weighted by atomic mass is 16.7. The maximum Gasteiger partial charge on any atom is 0.338 e. The number of carbonyl (C=O) groups is 2. The van der Waals surface area contributed by atoms with Crippen LogP contribution in [-0.4, -0.2) is 53.4 Å². The van der Waals surface area contributed by atoms with Crippen LogP contribution in [0.3, 0.4) is 0 Å². The predicted octanol–water partition coefficient (Wildman–Crippen LogP) is 1.15. The molecule has 2 aromatic rings. The van der Waals surface area contributed by atoms with Gasteiger partial charge in [-0.3, -0.25) is 0 Å². The largest absolute Gasteiger partial charge is 0.452 e. The Morgan fingerprint density at radius 2 is 1.35 bits per heavy atom. The molecular formula is C19H18O7. The second-order valence-corrected chi connectivity index (χ2v) is 5.76. The van der Waals surface area contributed by atoms with Crippen molar-refractivity contribution < 1.29 is 34.0 Å². The van der Waals surface area contributed by atoms with Crippen molar-refractivity contribution >= 4 is 11.9 Å². The van der Waals surface area contributed by atoms with E-state index in [1.165, 1.54) is 0 Å². The van der Waals surface area contributed by atoms with Gasteiger partial charge in [0.2, 0.25) is 0 Å². The summed E-state index contributed by atoms with van der Waals surface area (Å²) in [5, 5.41) is 19.8. The van der Waals surface area contributed by atoms with E-state index in [1.807, 2.05) is 0 Å². The third kappa shape index (κ3) is 4.08. The van der Waals surface area contributed by atoms with Crippen LogP contribution in [0, 0.1) is 0 Å². The van der Waals surface area contributed by atoms with Crippen molar-refractivity contribution in [2.24, 2.45) is 0 Å². The number of aliphatic hydroxyl groups excluding tert-OH is 2. The first-order chi connectivity index (χ1) is 12.6. The van der Waals surface area contributed by atoms with Gasteiger partial charge in [-0.1, -0.05) is 36.4 Å². The summed E-state index contributed by atoms with van der Waals surface area (Å²) in [5.41, 5.74) is 0.579. The summed E-state index contributed by atoms with van der Waals surface area (Å²) in [4.78, 5) is 24.5. The highest BCUT2D eigenvalue weighted by Gasteiger charge is 2.43. The minimum atomic E-state index is -1.55. The van der Waals surface area contributed by atoms with Gasteiger partial charge in [-0.15, -0.1) is 0 Å². The van der Waals surface area contributed by atoms with E-state index < -0.39 is 36.5 Å². The Balaban J connectivity index is 1.74. The summed E-state index contributed by atoms with van der Waals surface area (Å²) in [6.45, 7) is -0.219. The molecule has 7 nitrogen and oxygen atoms in total. The molecule has 2 N–H and O–H groups in total. The van der Waals surface area contributed by atoms with Gasteiger partial charge in [0, 0.05) is 0 Å². The first-order valence-corrected chi connectivity index (χ1v) is 8.06. The van der Waals surface area contributed by atoms with Crippen molar-refractivity contribution in [1.29, 1.82) is 0 Å². The fourth-order valence-electron chi connectivity index (χ4n) is 2.56. The molecule has 1 saturated heterocycles. The Kier molecular flexibility index (Phi) is 5.62. The number of esters is 2. The van der Waals surface area contributed by atoms with Crippen LogP contribution in [0.15, 0.2) is 60.7 Å². The topological polar surface area (TPSA) is 102 Å². The molecule has 0 aromatic heterocycles. The fourth-order valence-corrected chi connectivity index (χ4v) is 2.56. The van der Waals surface area contributed by atoms with E-state index in [-0.39, 0.29) is 12.2 Å². The number of rotatable bonds is 4. The standard InChI is InChI=1S/C19H18O7/c20-15-16(26-18(22)13-9-5-2-6-10-13)14(11-24-19(15)23)25-17(21)12-7-3-1-4-8-12/h1-10,14-16,19-20,23H,11H2/t14-,15+,16-,19-/m0/s1. The highest BCUT2D eigenvalue weighted by molar-refractivity contribution is 5.90. The first kappa shape index (κ1) is 18.1. The van der Waals surface area contributed by atoms with E-state index in [9.17, 15) is 19.8 Å². The van der Waals surface area contributed by atoms with Gasteiger partial charge < -0.3 is 24.4 Å². The number of aliphatic hydroxyl groups is 2. The molecule has 1 heterocycles. The minimum absolute atomic E-state index is 0.219. The van der Waals surface area contributed by atoms with E-state index in [4.69, 9.17) is 14.2 Å². The van der Waals surface area contributed by atoms with Gasteiger partial charge in [-0.2, -0.15) is 0 Å². The summed E-state index contributed by atoms with van der Waals surface area (Å²) in [6.07, 6.45) is -5.42. The Morgan fingerprint density at radius 3 is 1.88 bits per heavy atom. The van der Waals surface area contributed by atoms with Crippen molar-refractivity contribution in [2.45, 2.75) is 24.6 Å². The average molecular weight is 358 g/mol. The molecule has 0 unspecified atom stereocenters. The van der Waals surface area contributed by atoms with Crippen LogP contribution in [0.4, 0.5) is 0 Å². The second-order valence-electron chi connectivity index (χ2n) is 5.76. The molecule has 4 atom stereocenters. The SMILES string of the molecule is O=C(O[C@@H]1[C@@H](O)[C@@H](O)OC[C@@H]1OC(=O)c1ccccc1)c1ccccc1. The van der Waals surface area contributed by atoms with Crippen molar-refractivity contribution in [3.8, 4) is 0 Å². The molecule has 1 fully saturated rings. The van der Waals surface area contributed by atoms with E-state index in [0.29, 0.717) is 5.56 Å². The smallest absolute Gasteiger partial charge is 0.338 e. The third-order valence-corrected chi connectivity index (χ3v) is 3.95. The van der Waals surface area contributed by atoms with Gasteiger partial charge >= 0.3 is 11.9 Å². The molecule has 0 aliphatic carbocycles. The van der Waals surface area contributed by atoms with Gasteiger partial charge in [-0.05, 0) is 24.3 Å². The van der Waals surface area contributed by atoms with E-state index in [1.54, 1.807) is 60.7 Å². The Hall–Kier alpha value is -2.74. The maximum absolute atomic E-state index is 12.3. The number of carbonyl (C=O) groups excluding carboxylic acids is 2. The van der Waals surface area contributed by atoms with E-state index in [2.05, 4.69) is 0 Å². The van der Waals surface area contributed by atoms with Crippen LogP contribution in [0.2, 0.25) is 0 Å². The zero-order valence-electron chi connectivity index (χ0n) is 13.7. The fraction of sp³-hybridized carbons (Fsp3) is 0.263. The van der Waals surface area contributed by atoms with Crippen LogP contribution < -0.4 is 0 Å². The maximum atomic E-state index is 12.3. The molecule has 0 saturated carbocycles. The highest BCUT2D eigenvalue weighted by Crippen LogP contribution is 2.22. The first-order valence-electron chi connectivity index (χ1n) is 8.06. The summed E-state index contributed by atoms with van der Waals surface area (Å²) in [7, 11) is 0. The molecule has 1 aliphatic rings. The number of benzene rings is 2. The van der Waals surface area contributed by atoms with Crippen molar-refractivity contribution in [2.75, 3.05) is 6.61 Å². The van der Waals surface area contributed by atoms with Crippen LogP contribution in [0.5, 0.6) is 0 Å². The summed E-state index contributed by atoms with van der Waals surface area (Å²) in [6, 6.07) is 16.4. The van der Waals surface area contributed by atoms with Gasteiger partial charge in [0.1, 0.15) is 6.10 Å². The lowest BCUT2D eigenvalue weighted by Crippen LogP contribution is -2.56. The zero-order valence-corrected chi connectivity index (χ0v) is 13.7. The van der Waals surface area contributed by atoms with Gasteiger partial charge in [0.25, 0.3) is 0 Å². The molecule has 0 radical (unpaired) electrons. The molecule has 0 amide bonds. The molecule has 3 rings (SSSR count). The normalized spacial score (nSPS) is 25.3. The van der Waals surface area contributed by atoms with Crippen LogP contribution in [-0.2, 0) is 14.2 Å². The van der Waals surface area contributed by atoms with Crippen molar-refractivity contribution in [3.63, 3.8) is 0 Å². The Labute approximate surface area is 149 Å². The minimum Gasteiger partial charge on any atom is -0.452 e. The van der Waals surface area contributed by atoms with E-state index in [0.717, 1.165) is 0 Å². The quantitative estimate of drug-likeness (QED) is 0.790. The van der Waals surface area contributed by atoms with Crippen LogP contribution in [0.25, 0.3) is 0 Å². The summed E-state index contributed by atoms with van der Waals surface area (Å²) >= 11 is 0. The number of hydrogen-bond acceptors (Lipinski definition) is 7. The zero-order chi connectivity index (χ0) is 18.5. The monoisotopic (exact) mass is 358 g/mol. The predicted molar refractivity (Wildman–Crippen MR) is 89.3 cm³/mol. The molecule has 0 bridgehead atoms. The summed E-state index contributed by atoms with van der Waals surface area (Å²) in [5.74, 6) is -1.35.